The maximum Gasteiger partial charge on any atom is 0.220 e. The standard InChI is InChI=1S/C25H23ClN4O3S/c1-17-3-11-22(12-4-17)30-18(2)27-28-25(30)34-24(15-29(31)32)20-7-13-23(14-8-20)33-16-19-5-9-21(26)10-6-19/h3-14,24H,15-16H2,1-2H3/t24-/m1/s1. The lowest BCUT2D eigenvalue weighted by molar-refractivity contribution is -0.479. The first-order chi connectivity index (χ1) is 16.4. The Balaban J connectivity index is 1.52. The Morgan fingerprint density at radius 1 is 1.00 bits per heavy atom. The number of rotatable bonds is 9. The molecule has 1 heterocycles. The Labute approximate surface area is 206 Å². The molecule has 0 aliphatic heterocycles. The number of hydrogen-bond donors (Lipinski definition) is 0. The van der Waals surface area contributed by atoms with Crippen molar-refractivity contribution in [3.8, 4) is 11.4 Å². The van der Waals surface area contributed by atoms with Gasteiger partial charge >= 0.3 is 0 Å². The van der Waals surface area contributed by atoms with Gasteiger partial charge in [-0.3, -0.25) is 14.7 Å². The molecule has 0 saturated heterocycles. The number of thioether (sulfide) groups is 1. The van der Waals surface area contributed by atoms with Gasteiger partial charge in [-0.05, 0) is 61.4 Å². The first-order valence-corrected chi connectivity index (χ1v) is 11.9. The minimum atomic E-state index is -0.437. The van der Waals surface area contributed by atoms with Gasteiger partial charge in [-0.15, -0.1) is 10.2 Å². The van der Waals surface area contributed by atoms with Gasteiger partial charge in [0.1, 0.15) is 23.4 Å². The van der Waals surface area contributed by atoms with Crippen molar-refractivity contribution in [1.29, 1.82) is 0 Å². The van der Waals surface area contributed by atoms with Crippen LogP contribution in [-0.2, 0) is 6.61 Å². The molecule has 0 amide bonds. The number of nitro groups is 1. The topological polar surface area (TPSA) is 83.1 Å². The quantitative estimate of drug-likeness (QED) is 0.156. The van der Waals surface area contributed by atoms with Crippen LogP contribution >= 0.6 is 23.4 Å². The lowest BCUT2D eigenvalue weighted by atomic mass is 10.1. The fourth-order valence-corrected chi connectivity index (χ4v) is 4.71. The van der Waals surface area contributed by atoms with Gasteiger partial charge < -0.3 is 4.74 Å². The third kappa shape index (κ3) is 5.95. The Kier molecular flexibility index (Phi) is 7.49. The Morgan fingerprint density at radius 3 is 2.32 bits per heavy atom. The zero-order valence-corrected chi connectivity index (χ0v) is 20.3. The SMILES string of the molecule is Cc1ccc(-n2c(C)nnc2S[C@H](C[N+](=O)[O-])c2ccc(OCc3ccc(Cl)cc3)cc2)cc1. The average molecular weight is 495 g/mol. The number of aryl methyl sites for hydroxylation is 2. The molecular weight excluding hydrogens is 472 g/mol. The zero-order chi connectivity index (χ0) is 24.1. The fourth-order valence-electron chi connectivity index (χ4n) is 3.41. The fraction of sp³-hybridized carbons (Fsp3) is 0.200. The average Bonchev–Trinajstić information content (AvgIpc) is 3.19. The molecule has 174 valence electrons. The lowest BCUT2D eigenvalue weighted by Crippen LogP contribution is -2.11. The number of halogens is 1. The molecule has 4 rings (SSSR count). The summed E-state index contributed by atoms with van der Waals surface area (Å²) in [4.78, 5) is 11.1. The zero-order valence-electron chi connectivity index (χ0n) is 18.7. The number of benzene rings is 3. The third-order valence-electron chi connectivity index (χ3n) is 5.22. The second-order valence-corrected chi connectivity index (χ2v) is 9.41. The predicted octanol–water partition coefficient (Wildman–Crippen LogP) is 6.23. The van der Waals surface area contributed by atoms with Gasteiger partial charge in [0.05, 0.1) is 0 Å². The predicted molar refractivity (Wildman–Crippen MR) is 134 cm³/mol. The molecule has 1 atom stereocenters. The third-order valence-corrected chi connectivity index (χ3v) is 6.65. The summed E-state index contributed by atoms with van der Waals surface area (Å²) in [5, 5.41) is 20.8. The summed E-state index contributed by atoms with van der Waals surface area (Å²) < 4.78 is 7.76. The monoisotopic (exact) mass is 494 g/mol. The van der Waals surface area contributed by atoms with Crippen LogP contribution in [0.15, 0.2) is 78.0 Å². The van der Waals surface area contributed by atoms with Crippen LogP contribution in [0, 0.1) is 24.0 Å². The molecular formula is C25H23ClN4O3S. The molecule has 0 unspecified atom stereocenters. The highest BCUT2D eigenvalue weighted by Crippen LogP contribution is 2.36. The number of hydrogen-bond acceptors (Lipinski definition) is 6. The van der Waals surface area contributed by atoms with E-state index in [1.165, 1.54) is 11.8 Å². The van der Waals surface area contributed by atoms with Gasteiger partial charge in [0.2, 0.25) is 6.54 Å². The Bertz CT molecular complexity index is 1260. The van der Waals surface area contributed by atoms with Crippen LogP contribution in [0.1, 0.15) is 27.8 Å². The normalized spacial score (nSPS) is 11.9. The van der Waals surface area contributed by atoms with Crippen LogP contribution in [0.2, 0.25) is 5.02 Å². The molecule has 0 N–H and O–H groups in total. The summed E-state index contributed by atoms with van der Waals surface area (Å²) in [6, 6.07) is 22.8. The van der Waals surface area contributed by atoms with E-state index in [1.54, 1.807) is 0 Å². The number of aromatic nitrogens is 3. The van der Waals surface area contributed by atoms with Crippen molar-refractivity contribution < 1.29 is 9.66 Å². The van der Waals surface area contributed by atoms with Gasteiger partial charge in [0.15, 0.2) is 5.16 Å². The van der Waals surface area contributed by atoms with Crippen LogP contribution in [0.5, 0.6) is 5.75 Å². The van der Waals surface area contributed by atoms with E-state index in [0.717, 1.165) is 28.2 Å². The van der Waals surface area contributed by atoms with Gasteiger partial charge in [-0.2, -0.15) is 0 Å². The lowest BCUT2D eigenvalue weighted by Gasteiger charge is -2.15. The summed E-state index contributed by atoms with van der Waals surface area (Å²) in [5.41, 5.74) is 3.88. The second kappa shape index (κ2) is 10.7. The van der Waals surface area contributed by atoms with Crippen LogP contribution < -0.4 is 4.74 Å². The smallest absolute Gasteiger partial charge is 0.220 e. The largest absolute Gasteiger partial charge is 0.489 e. The van der Waals surface area contributed by atoms with Crippen molar-refractivity contribution >= 4 is 23.4 Å². The van der Waals surface area contributed by atoms with Gasteiger partial charge in [0, 0.05) is 15.6 Å². The maximum absolute atomic E-state index is 11.4. The van der Waals surface area contributed by atoms with E-state index in [2.05, 4.69) is 10.2 Å². The van der Waals surface area contributed by atoms with Crippen molar-refractivity contribution in [3.63, 3.8) is 0 Å². The summed E-state index contributed by atoms with van der Waals surface area (Å²) in [5.74, 6) is 1.40. The molecule has 0 aliphatic carbocycles. The Hall–Kier alpha value is -3.36. The van der Waals surface area contributed by atoms with Crippen molar-refractivity contribution in [2.75, 3.05) is 6.54 Å². The van der Waals surface area contributed by atoms with Gasteiger partial charge in [-0.25, -0.2) is 0 Å². The highest BCUT2D eigenvalue weighted by atomic mass is 35.5. The van der Waals surface area contributed by atoms with E-state index in [0.29, 0.717) is 22.5 Å². The van der Waals surface area contributed by atoms with Crippen molar-refractivity contribution in [2.45, 2.75) is 30.9 Å². The minimum Gasteiger partial charge on any atom is -0.489 e. The van der Waals surface area contributed by atoms with E-state index < -0.39 is 5.25 Å². The summed E-state index contributed by atoms with van der Waals surface area (Å²) in [6.07, 6.45) is 0. The van der Waals surface area contributed by atoms with Crippen LogP contribution in [0.3, 0.4) is 0 Å². The molecule has 0 radical (unpaired) electrons. The molecule has 0 fully saturated rings. The van der Waals surface area contributed by atoms with Crippen LogP contribution in [0.25, 0.3) is 5.69 Å². The Morgan fingerprint density at radius 2 is 1.68 bits per heavy atom. The molecule has 0 bridgehead atoms. The molecule has 4 aromatic rings. The first kappa shape index (κ1) is 23.8. The van der Waals surface area contributed by atoms with Crippen molar-refractivity contribution in [3.05, 3.63) is 110 Å². The molecule has 1 aromatic heterocycles. The second-order valence-electron chi connectivity index (χ2n) is 7.81. The minimum absolute atomic E-state index is 0.241. The molecule has 34 heavy (non-hydrogen) atoms. The molecule has 0 spiro atoms. The van der Waals surface area contributed by atoms with Gasteiger partial charge in [-0.1, -0.05) is 65.3 Å². The number of ether oxygens (including phenoxy) is 1. The van der Waals surface area contributed by atoms with E-state index in [4.69, 9.17) is 16.3 Å². The molecule has 9 heteroatoms. The summed E-state index contributed by atoms with van der Waals surface area (Å²) in [6.45, 7) is 4.05. The van der Waals surface area contributed by atoms with Crippen molar-refractivity contribution in [2.24, 2.45) is 0 Å². The van der Waals surface area contributed by atoms with Crippen molar-refractivity contribution in [1.82, 2.24) is 14.8 Å². The highest BCUT2D eigenvalue weighted by molar-refractivity contribution is 7.99. The molecule has 0 aliphatic rings. The maximum atomic E-state index is 11.4. The summed E-state index contributed by atoms with van der Waals surface area (Å²) >= 11 is 7.25. The summed E-state index contributed by atoms with van der Waals surface area (Å²) in [7, 11) is 0. The van der Waals surface area contributed by atoms with Gasteiger partial charge in [0.25, 0.3) is 0 Å². The van der Waals surface area contributed by atoms with E-state index in [9.17, 15) is 10.1 Å². The molecule has 0 saturated carbocycles. The number of nitrogens with zero attached hydrogens (tertiary/aromatic N) is 4. The molecule has 7 nitrogen and oxygen atoms in total. The van der Waals surface area contributed by atoms with E-state index in [-0.39, 0.29) is 11.5 Å². The molecule has 3 aromatic carbocycles. The first-order valence-electron chi connectivity index (χ1n) is 10.6. The van der Waals surface area contributed by atoms with E-state index >= 15 is 0 Å². The van der Waals surface area contributed by atoms with Crippen LogP contribution in [0.4, 0.5) is 0 Å². The van der Waals surface area contributed by atoms with E-state index in [1.807, 2.05) is 91.2 Å². The van der Waals surface area contributed by atoms with Crippen LogP contribution in [-0.4, -0.2) is 26.2 Å². The highest BCUT2D eigenvalue weighted by Gasteiger charge is 2.24.